The number of guanidine groups is 1. The van der Waals surface area contributed by atoms with Crippen LogP contribution in [-0.2, 0) is 4.79 Å². The second-order valence-electron chi connectivity index (χ2n) is 6.16. The van der Waals surface area contributed by atoms with Gasteiger partial charge in [0.25, 0.3) is 0 Å². The summed E-state index contributed by atoms with van der Waals surface area (Å²) in [4.78, 5) is 20.2. The van der Waals surface area contributed by atoms with E-state index >= 15 is 0 Å². The fourth-order valence-electron chi connectivity index (χ4n) is 2.69. The van der Waals surface area contributed by atoms with Crippen LogP contribution in [0.5, 0.6) is 0 Å². The predicted octanol–water partition coefficient (Wildman–Crippen LogP) is 1.75. The van der Waals surface area contributed by atoms with Crippen molar-refractivity contribution in [3.63, 3.8) is 0 Å². The number of nitrogens with zero attached hydrogens (tertiary/aromatic N) is 3. The Hall–Kier alpha value is -1.76. The van der Waals surface area contributed by atoms with E-state index in [2.05, 4.69) is 45.0 Å². The Morgan fingerprint density at radius 2 is 2.17 bits per heavy atom. The van der Waals surface area contributed by atoms with Gasteiger partial charge >= 0.3 is 0 Å². The predicted molar refractivity (Wildman–Crippen MR) is 102 cm³/mol. The van der Waals surface area contributed by atoms with E-state index in [1.807, 2.05) is 0 Å². The number of hydrogen-bond acceptors (Lipinski definition) is 4. The van der Waals surface area contributed by atoms with Crippen molar-refractivity contribution in [3.05, 3.63) is 17.5 Å². The lowest BCUT2D eigenvalue weighted by atomic mass is 10.1. The second-order valence-corrected chi connectivity index (χ2v) is 7.08. The Morgan fingerprint density at radius 1 is 1.42 bits per heavy atom. The highest BCUT2D eigenvalue weighted by Crippen LogP contribution is 2.24. The van der Waals surface area contributed by atoms with Crippen LogP contribution in [0.1, 0.15) is 26.2 Å². The van der Waals surface area contributed by atoms with Crippen LogP contribution in [0.25, 0.3) is 0 Å². The minimum Gasteiger partial charge on any atom is -0.363 e. The van der Waals surface area contributed by atoms with Gasteiger partial charge in [-0.3, -0.25) is 9.79 Å². The molecule has 134 valence electrons. The molecule has 1 saturated heterocycles. The van der Waals surface area contributed by atoms with Gasteiger partial charge in [0.2, 0.25) is 5.91 Å². The lowest BCUT2D eigenvalue weighted by Gasteiger charge is -2.33. The molecule has 24 heavy (non-hydrogen) atoms. The Morgan fingerprint density at radius 3 is 2.75 bits per heavy atom. The molecule has 2 rings (SSSR count). The van der Waals surface area contributed by atoms with Crippen LogP contribution < -0.4 is 15.5 Å². The summed E-state index contributed by atoms with van der Waals surface area (Å²) in [6.45, 7) is 5.52. The molecule has 0 bridgehead atoms. The molecule has 6 nitrogen and oxygen atoms in total. The molecule has 0 saturated carbocycles. The van der Waals surface area contributed by atoms with Crippen LogP contribution in [0.2, 0.25) is 0 Å². The lowest BCUT2D eigenvalue weighted by molar-refractivity contribution is -0.128. The third-order valence-electron chi connectivity index (χ3n) is 4.09. The first-order valence-corrected chi connectivity index (χ1v) is 9.51. The first-order valence-electron chi connectivity index (χ1n) is 8.63. The van der Waals surface area contributed by atoms with E-state index in [0.717, 1.165) is 38.4 Å². The van der Waals surface area contributed by atoms with Crippen molar-refractivity contribution in [2.45, 2.75) is 32.2 Å². The van der Waals surface area contributed by atoms with Gasteiger partial charge in [0, 0.05) is 46.2 Å². The minimum absolute atomic E-state index is 0.110. The number of piperidine rings is 1. The minimum atomic E-state index is 0.110. The van der Waals surface area contributed by atoms with Crippen molar-refractivity contribution in [2.24, 2.45) is 4.99 Å². The lowest BCUT2D eigenvalue weighted by Crippen LogP contribution is -2.48. The number of amides is 1. The van der Waals surface area contributed by atoms with Gasteiger partial charge < -0.3 is 20.4 Å². The van der Waals surface area contributed by atoms with E-state index in [4.69, 9.17) is 0 Å². The SMILES string of the molecule is CCNC(=NCCC(=O)N(C)C)NC1CCN(c2cccs2)CC1. The fraction of sp³-hybridized carbons (Fsp3) is 0.647. The van der Waals surface area contributed by atoms with E-state index in [9.17, 15) is 4.79 Å². The molecule has 1 amide bonds. The molecule has 0 aliphatic carbocycles. The summed E-state index contributed by atoms with van der Waals surface area (Å²) < 4.78 is 0. The average Bonchev–Trinajstić information content (AvgIpc) is 3.10. The van der Waals surface area contributed by atoms with Crippen LogP contribution in [0.4, 0.5) is 5.00 Å². The number of hydrogen-bond donors (Lipinski definition) is 2. The van der Waals surface area contributed by atoms with Gasteiger partial charge in [0.15, 0.2) is 5.96 Å². The quantitative estimate of drug-likeness (QED) is 0.606. The molecule has 0 unspecified atom stereocenters. The van der Waals surface area contributed by atoms with E-state index in [1.165, 1.54) is 5.00 Å². The molecule has 0 aromatic carbocycles. The monoisotopic (exact) mass is 351 g/mol. The largest absolute Gasteiger partial charge is 0.363 e. The summed E-state index contributed by atoms with van der Waals surface area (Å²) in [6.07, 6.45) is 2.64. The maximum atomic E-state index is 11.6. The van der Waals surface area contributed by atoms with Crippen LogP contribution in [0, 0.1) is 0 Å². The van der Waals surface area contributed by atoms with Crippen LogP contribution >= 0.6 is 11.3 Å². The molecule has 1 aliphatic rings. The molecule has 7 heteroatoms. The van der Waals surface area contributed by atoms with Gasteiger partial charge in [-0.2, -0.15) is 0 Å². The van der Waals surface area contributed by atoms with Gasteiger partial charge in [0.1, 0.15) is 0 Å². The molecule has 0 radical (unpaired) electrons. The van der Waals surface area contributed by atoms with E-state index < -0.39 is 0 Å². The van der Waals surface area contributed by atoms with Crippen molar-refractivity contribution in [3.8, 4) is 0 Å². The van der Waals surface area contributed by atoms with Crippen LogP contribution in [0.3, 0.4) is 0 Å². The maximum absolute atomic E-state index is 11.6. The molecule has 1 aliphatic heterocycles. The zero-order valence-corrected chi connectivity index (χ0v) is 15.7. The standard InChI is InChI=1S/C17H29N5OS/c1-4-18-17(19-10-7-15(23)21(2)3)20-14-8-11-22(12-9-14)16-6-5-13-24-16/h5-6,13-14H,4,7-12H2,1-3H3,(H2,18,19,20). The summed E-state index contributed by atoms with van der Waals surface area (Å²) in [6, 6.07) is 4.73. The molecule has 1 fully saturated rings. The fourth-order valence-corrected chi connectivity index (χ4v) is 3.48. The van der Waals surface area contributed by atoms with Crippen molar-refractivity contribution in [1.29, 1.82) is 0 Å². The number of anilines is 1. The zero-order chi connectivity index (χ0) is 17.4. The van der Waals surface area contributed by atoms with E-state index in [-0.39, 0.29) is 5.91 Å². The molecule has 2 heterocycles. The third-order valence-corrected chi connectivity index (χ3v) is 5.02. The molecule has 2 N–H and O–H groups in total. The van der Waals surface area contributed by atoms with Crippen molar-refractivity contribution >= 4 is 28.2 Å². The third kappa shape index (κ3) is 5.70. The summed E-state index contributed by atoms with van der Waals surface area (Å²) in [5, 5.41) is 10.3. The molecular weight excluding hydrogens is 322 g/mol. The highest BCUT2D eigenvalue weighted by Gasteiger charge is 2.20. The van der Waals surface area contributed by atoms with Gasteiger partial charge in [-0.15, -0.1) is 11.3 Å². The summed E-state index contributed by atoms with van der Waals surface area (Å²) in [7, 11) is 3.55. The highest BCUT2D eigenvalue weighted by molar-refractivity contribution is 7.14. The van der Waals surface area contributed by atoms with Crippen LogP contribution in [-0.4, -0.2) is 63.1 Å². The first-order chi connectivity index (χ1) is 11.6. The zero-order valence-electron chi connectivity index (χ0n) is 14.9. The summed E-state index contributed by atoms with van der Waals surface area (Å²) in [5.74, 6) is 0.928. The summed E-state index contributed by atoms with van der Waals surface area (Å²) >= 11 is 1.80. The Bertz CT molecular complexity index is 521. The molecule has 0 spiro atoms. The maximum Gasteiger partial charge on any atom is 0.223 e. The van der Waals surface area contributed by atoms with Crippen LogP contribution in [0.15, 0.2) is 22.5 Å². The Labute approximate surface area is 148 Å². The number of aliphatic imine (C=N–C) groups is 1. The first kappa shape index (κ1) is 18.6. The summed E-state index contributed by atoms with van der Waals surface area (Å²) in [5.41, 5.74) is 0. The number of rotatable bonds is 6. The highest BCUT2D eigenvalue weighted by atomic mass is 32.1. The normalized spacial score (nSPS) is 16.1. The molecule has 1 aromatic heterocycles. The smallest absolute Gasteiger partial charge is 0.223 e. The van der Waals surface area contributed by atoms with E-state index in [0.29, 0.717) is 19.0 Å². The second kappa shape index (κ2) is 9.52. The van der Waals surface area contributed by atoms with E-state index in [1.54, 1.807) is 30.3 Å². The average molecular weight is 352 g/mol. The molecule has 1 aromatic rings. The van der Waals surface area contributed by atoms with Crippen molar-refractivity contribution in [1.82, 2.24) is 15.5 Å². The van der Waals surface area contributed by atoms with Crippen molar-refractivity contribution in [2.75, 3.05) is 45.2 Å². The van der Waals surface area contributed by atoms with Crippen molar-refractivity contribution < 1.29 is 4.79 Å². The number of thiophene rings is 1. The van der Waals surface area contributed by atoms with Gasteiger partial charge in [-0.1, -0.05) is 0 Å². The number of carbonyl (C=O) groups is 1. The number of nitrogens with one attached hydrogen (secondary N) is 2. The number of carbonyl (C=O) groups excluding carboxylic acids is 1. The Balaban J connectivity index is 1.79. The molecule has 0 atom stereocenters. The van der Waals surface area contributed by atoms with Gasteiger partial charge in [0.05, 0.1) is 11.5 Å². The topological polar surface area (TPSA) is 60.0 Å². The Kier molecular flexibility index (Phi) is 7.36. The van der Waals surface area contributed by atoms with Gasteiger partial charge in [-0.25, -0.2) is 0 Å². The van der Waals surface area contributed by atoms with Gasteiger partial charge in [-0.05, 0) is 37.3 Å². The molecular formula is C17H29N5OS.